The van der Waals surface area contributed by atoms with Gasteiger partial charge in [-0.2, -0.15) is 0 Å². The average molecular weight is 259 g/mol. The van der Waals surface area contributed by atoms with Gasteiger partial charge in [-0.25, -0.2) is 0 Å². The van der Waals surface area contributed by atoms with Gasteiger partial charge in [-0.05, 0) is 36.3 Å². The van der Waals surface area contributed by atoms with Crippen LogP contribution < -0.4 is 5.73 Å². The first kappa shape index (κ1) is 13.4. The molecule has 0 bridgehead atoms. The standard InChI is InChI=1S/C14H17N3O2/c1-3-10(9(2)15)11-4-5-14(17(18)19)13-8-16-7-6-12(11)13/h4-10H,3,15H2,1-2H3. The Morgan fingerprint density at radius 2 is 2.11 bits per heavy atom. The zero-order valence-corrected chi connectivity index (χ0v) is 11.0. The zero-order valence-electron chi connectivity index (χ0n) is 11.0. The highest BCUT2D eigenvalue weighted by Gasteiger charge is 2.20. The van der Waals surface area contributed by atoms with E-state index in [9.17, 15) is 10.1 Å². The molecule has 1 heterocycles. The van der Waals surface area contributed by atoms with Gasteiger partial charge in [0.25, 0.3) is 5.69 Å². The number of nitro benzene ring substituents is 1. The predicted molar refractivity (Wildman–Crippen MR) is 75.1 cm³/mol. The summed E-state index contributed by atoms with van der Waals surface area (Å²) in [7, 11) is 0. The van der Waals surface area contributed by atoms with Crippen LogP contribution in [0.5, 0.6) is 0 Å². The number of nitro groups is 1. The lowest BCUT2D eigenvalue weighted by Gasteiger charge is -2.21. The SMILES string of the molecule is CCC(c1ccc([N+](=O)[O-])c2cnccc12)C(C)N. The van der Waals surface area contributed by atoms with Gasteiger partial charge in [0.15, 0.2) is 0 Å². The van der Waals surface area contributed by atoms with E-state index in [1.165, 1.54) is 0 Å². The molecule has 0 fully saturated rings. The molecule has 1 aromatic carbocycles. The molecule has 2 N–H and O–H groups in total. The molecule has 2 atom stereocenters. The van der Waals surface area contributed by atoms with E-state index in [-0.39, 0.29) is 22.6 Å². The van der Waals surface area contributed by atoms with E-state index in [0.717, 1.165) is 17.4 Å². The van der Waals surface area contributed by atoms with Crippen molar-refractivity contribution in [1.82, 2.24) is 4.98 Å². The molecule has 19 heavy (non-hydrogen) atoms. The maximum atomic E-state index is 11.1. The van der Waals surface area contributed by atoms with Crippen molar-refractivity contribution in [2.75, 3.05) is 0 Å². The molecule has 0 aliphatic heterocycles. The lowest BCUT2D eigenvalue weighted by Crippen LogP contribution is -2.24. The third kappa shape index (κ3) is 2.42. The second kappa shape index (κ2) is 5.32. The van der Waals surface area contributed by atoms with E-state index in [1.807, 2.05) is 19.1 Å². The summed E-state index contributed by atoms with van der Waals surface area (Å²) in [6.07, 6.45) is 4.10. The van der Waals surface area contributed by atoms with Crippen molar-refractivity contribution in [3.63, 3.8) is 0 Å². The number of nitrogens with zero attached hydrogens (tertiary/aromatic N) is 2. The van der Waals surface area contributed by atoms with Crippen LogP contribution in [0.2, 0.25) is 0 Å². The topological polar surface area (TPSA) is 82.0 Å². The van der Waals surface area contributed by atoms with Gasteiger partial charge in [0.05, 0.1) is 10.3 Å². The number of aromatic nitrogens is 1. The number of fused-ring (bicyclic) bond motifs is 1. The summed E-state index contributed by atoms with van der Waals surface area (Å²) in [6, 6.07) is 5.19. The molecule has 0 aliphatic carbocycles. The number of benzene rings is 1. The van der Waals surface area contributed by atoms with Crippen LogP contribution in [0.15, 0.2) is 30.6 Å². The number of pyridine rings is 1. The third-order valence-corrected chi connectivity index (χ3v) is 3.50. The largest absolute Gasteiger partial charge is 0.327 e. The second-order valence-corrected chi connectivity index (χ2v) is 4.73. The van der Waals surface area contributed by atoms with Crippen LogP contribution in [-0.4, -0.2) is 15.9 Å². The molecule has 5 heteroatoms. The molecule has 0 saturated heterocycles. The third-order valence-electron chi connectivity index (χ3n) is 3.50. The molecule has 0 saturated carbocycles. The van der Waals surface area contributed by atoms with Gasteiger partial charge in [-0.1, -0.05) is 13.0 Å². The second-order valence-electron chi connectivity index (χ2n) is 4.73. The van der Waals surface area contributed by atoms with Crippen molar-refractivity contribution in [2.45, 2.75) is 32.2 Å². The van der Waals surface area contributed by atoms with Crippen molar-refractivity contribution >= 4 is 16.5 Å². The van der Waals surface area contributed by atoms with Gasteiger partial charge in [0.2, 0.25) is 0 Å². The Kier molecular flexibility index (Phi) is 3.76. The molecule has 2 unspecified atom stereocenters. The summed E-state index contributed by atoms with van der Waals surface area (Å²) in [5.74, 6) is 0.186. The number of hydrogen-bond acceptors (Lipinski definition) is 4. The minimum Gasteiger partial charge on any atom is -0.327 e. The fourth-order valence-corrected chi connectivity index (χ4v) is 2.56. The maximum Gasteiger partial charge on any atom is 0.278 e. The number of rotatable bonds is 4. The maximum absolute atomic E-state index is 11.1. The summed E-state index contributed by atoms with van der Waals surface area (Å²) in [4.78, 5) is 14.7. The fraction of sp³-hybridized carbons (Fsp3) is 0.357. The van der Waals surface area contributed by atoms with Crippen molar-refractivity contribution in [3.8, 4) is 0 Å². The number of nitrogens with two attached hydrogens (primary N) is 1. The summed E-state index contributed by atoms with van der Waals surface area (Å²) < 4.78 is 0. The van der Waals surface area contributed by atoms with E-state index >= 15 is 0 Å². The smallest absolute Gasteiger partial charge is 0.278 e. The lowest BCUT2D eigenvalue weighted by molar-refractivity contribution is -0.383. The normalized spacial score (nSPS) is 14.3. The van der Waals surface area contributed by atoms with Crippen LogP contribution in [-0.2, 0) is 0 Å². The monoisotopic (exact) mass is 259 g/mol. The van der Waals surface area contributed by atoms with Gasteiger partial charge >= 0.3 is 0 Å². The molecule has 100 valence electrons. The highest BCUT2D eigenvalue weighted by molar-refractivity contribution is 5.93. The summed E-state index contributed by atoms with van der Waals surface area (Å²) in [5, 5.41) is 12.5. The molecule has 2 aromatic rings. The van der Waals surface area contributed by atoms with Gasteiger partial charge in [-0.15, -0.1) is 0 Å². The molecule has 2 rings (SSSR count). The molecular formula is C14H17N3O2. The Balaban J connectivity index is 2.71. The van der Waals surface area contributed by atoms with Crippen molar-refractivity contribution < 1.29 is 4.92 Å². The molecular weight excluding hydrogens is 242 g/mol. The molecule has 0 radical (unpaired) electrons. The Morgan fingerprint density at radius 3 is 2.68 bits per heavy atom. The number of hydrogen-bond donors (Lipinski definition) is 1. The van der Waals surface area contributed by atoms with E-state index < -0.39 is 0 Å². The van der Waals surface area contributed by atoms with Gasteiger partial charge in [0, 0.05) is 24.5 Å². The summed E-state index contributed by atoms with van der Waals surface area (Å²) in [6.45, 7) is 4.03. The molecule has 0 spiro atoms. The van der Waals surface area contributed by atoms with Crippen LogP contribution in [0.3, 0.4) is 0 Å². The Morgan fingerprint density at radius 1 is 1.37 bits per heavy atom. The molecule has 5 nitrogen and oxygen atoms in total. The number of non-ortho nitro benzene ring substituents is 1. The average Bonchev–Trinajstić information content (AvgIpc) is 2.39. The highest BCUT2D eigenvalue weighted by Crippen LogP contribution is 2.33. The minimum absolute atomic E-state index is 0.00261. The van der Waals surface area contributed by atoms with Gasteiger partial charge in [0.1, 0.15) is 0 Å². The van der Waals surface area contributed by atoms with Crippen LogP contribution in [0, 0.1) is 10.1 Å². The summed E-state index contributed by atoms with van der Waals surface area (Å²) >= 11 is 0. The summed E-state index contributed by atoms with van der Waals surface area (Å²) in [5.41, 5.74) is 7.16. The van der Waals surface area contributed by atoms with Crippen molar-refractivity contribution in [2.24, 2.45) is 5.73 Å². The van der Waals surface area contributed by atoms with Crippen LogP contribution >= 0.6 is 0 Å². The van der Waals surface area contributed by atoms with Crippen molar-refractivity contribution in [1.29, 1.82) is 0 Å². The van der Waals surface area contributed by atoms with Crippen LogP contribution in [0.1, 0.15) is 31.7 Å². The molecule has 1 aromatic heterocycles. The fourth-order valence-electron chi connectivity index (χ4n) is 2.56. The lowest BCUT2D eigenvalue weighted by atomic mass is 9.87. The van der Waals surface area contributed by atoms with Crippen LogP contribution in [0.4, 0.5) is 5.69 Å². The first-order valence-electron chi connectivity index (χ1n) is 6.32. The van der Waals surface area contributed by atoms with E-state index in [0.29, 0.717) is 5.39 Å². The Hall–Kier alpha value is -2.01. The van der Waals surface area contributed by atoms with Gasteiger partial charge < -0.3 is 5.73 Å². The Bertz CT molecular complexity index is 611. The molecule has 0 aliphatic rings. The first-order valence-corrected chi connectivity index (χ1v) is 6.32. The van der Waals surface area contributed by atoms with Gasteiger partial charge in [-0.3, -0.25) is 15.1 Å². The highest BCUT2D eigenvalue weighted by atomic mass is 16.6. The first-order chi connectivity index (χ1) is 9.06. The quantitative estimate of drug-likeness (QED) is 0.676. The van der Waals surface area contributed by atoms with E-state index in [4.69, 9.17) is 5.73 Å². The van der Waals surface area contributed by atoms with Crippen LogP contribution in [0.25, 0.3) is 10.8 Å². The molecule has 0 amide bonds. The van der Waals surface area contributed by atoms with E-state index in [2.05, 4.69) is 11.9 Å². The van der Waals surface area contributed by atoms with Crippen molar-refractivity contribution in [3.05, 3.63) is 46.3 Å². The zero-order chi connectivity index (χ0) is 14.0. The minimum atomic E-state index is -0.374. The Labute approximate surface area is 111 Å². The predicted octanol–water partition coefficient (Wildman–Crippen LogP) is 2.98. The van der Waals surface area contributed by atoms with E-state index in [1.54, 1.807) is 18.5 Å².